The number of carbonyl (C=O) groups is 1. The molecule has 0 aliphatic carbocycles. The molecule has 0 amide bonds. The molecule has 4 nitrogen and oxygen atoms in total. The van der Waals surface area contributed by atoms with Gasteiger partial charge in [-0.15, -0.1) is 0 Å². The average Bonchev–Trinajstić information content (AvgIpc) is 2.35. The van der Waals surface area contributed by atoms with Gasteiger partial charge in [0.25, 0.3) is 0 Å². The van der Waals surface area contributed by atoms with Crippen LogP contribution in [-0.2, 0) is 4.74 Å². The fraction of sp³-hybridized carbons (Fsp3) is 0.462. The van der Waals surface area contributed by atoms with Gasteiger partial charge >= 0.3 is 5.97 Å². The highest BCUT2D eigenvalue weighted by atomic mass is 16.5. The van der Waals surface area contributed by atoms with Gasteiger partial charge in [0.1, 0.15) is 5.75 Å². The molecule has 0 aliphatic rings. The molecular formula is C13H19NO3. The maximum absolute atomic E-state index is 11.4. The summed E-state index contributed by atoms with van der Waals surface area (Å²) < 4.78 is 10.2. The highest BCUT2D eigenvalue weighted by Gasteiger charge is 2.10. The first-order valence-electron chi connectivity index (χ1n) is 5.79. The molecule has 1 aromatic rings. The van der Waals surface area contributed by atoms with Gasteiger partial charge in [-0.05, 0) is 24.6 Å². The molecule has 0 aliphatic heterocycles. The average molecular weight is 237 g/mol. The summed E-state index contributed by atoms with van der Waals surface area (Å²) in [5.74, 6) is 0.206. The van der Waals surface area contributed by atoms with Crippen LogP contribution in [0.15, 0.2) is 18.2 Å². The topological polar surface area (TPSA) is 61.5 Å². The van der Waals surface area contributed by atoms with E-state index in [0.29, 0.717) is 23.6 Å². The number of ether oxygens (including phenoxy) is 2. The number of methoxy groups -OCH3 is 1. The first-order chi connectivity index (χ1) is 8.19. The van der Waals surface area contributed by atoms with Crippen molar-refractivity contribution in [2.45, 2.75) is 26.2 Å². The smallest absolute Gasteiger partial charge is 0.340 e. The molecule has 0 bridgehead atoms. The first kappa shape index (κ1) is 13.4. The molecule has 0 radical (unpaired) electrons. The van der Waals surface area contributed by atoms with E-state index in [4.69, 9.17) is 10.5 Å². The monoisotopic (exact) mass is 237 g/mol. The molecule has 0 saturated heterocycles. The molecule has 94 valence electrons. The summed E-state index contributed by atoms with van der Waals surface area (Å²) in [6, 6.07) is 5.03. The van der Waals surface area contributed by atoms with Crippen LogP contribution in [0.25, 0.3) is 0 Å². The predicted octanol–water partition coefficient (Wildman–Crippen LogP) is 2.62. The second-order valence-corrected chi connectivity index (χ2v) is 3.80. The van der Waals surface area contributed by atoms with Gasteiger partial charge in [-0.1, -0.05) is 19.8 Å². The summed E-state index contributed by atoms with van der Waals surface area (Å²) in [4.78, 5) is 11.4. The van der Waals surface area contributed by atoms with E-state index >= 15 is 0 Å². The number of unbranched alkanes of at least 4 members (excludes halogenated alkanes) is 2. The van der Waals surface area contributed by atoms with Gasteiger partial charge in [0.05, 0.1) is 19.3 Å². The lowest BCUT2D eigenvalue weighted by atomic mass is 10.1. The van der Waals surface area contributed by atoms with Crippen molar-refractivity contribution in [1.29, 1.82) is 0 Å². The Morgan fingerprint density at radius 1 is 1.35 bits per heavy atom. The highest BCUT2D eigenvalue weighted by molar-refractivity contribution is 5.95. The zero-order valence-corrected chi connectivity index (χ0v) is 10.4. The van der Waals surface area contributed by atoms with Crippen molar-refractivity contribution in [3.63, 3.8) is 0 Å². The SMILES string of the molecule is CCCCCOc1ccc(N)c(C(=O)OC)c1. The maximum atomic E-state index is 11.4. The van der Waals surface area contributed by atoms with Gasteiger partial charge in [0.15, 0.2) is 0 Å². The molecule has 0 fully saturated rings. The van der Waals surface area contributed by atoms with Crippen LogP contribution >= 0.6 is 0 Å². The second kappa shape index (κ2) is 6.78. The van der Waals surface area contributed by atoms with E-state index < -0.39 is 5.97 Å². The Labute approximate surface area is 102 Å². The van der Waals surface area contributed by atoms with Crippen molar-refractivity contribution in [1.82, 2.24) is 0 Å². The van der Waals surface area contributed by atoms with Gasteiger partial charge in [0, 0.05) is 5.69 Å². The van der Waals surface area contributed by atoms with Crippen molar-refractivity contribution in [2.75, 3.05) is 19.5 Å². The lowest BCUT2D eigenvalue weighted by Gasteiger charge is -2.09. The number of carbonyl (C=O) groups excluding carboxylic acids is 1. The minimum Gasteiger partial charge on any atom is -0.494 e. The quantitative estimate of drug-likeness (QED) is 0.469. The Hall–Kier alpha value is -1.71. The number of hydrogen-bond acceptors (Lipinski definition) is 4. The molecule has 0 unspecified atom stereocenters. The van der Waals surface area contributed by atoms with Crippen molar-refractivity contribution in [2.24, 2.45) is 0 Å². The zero-order valence-electron chi connectivity index (χ0n) is 10.4. The molecule has 0 heterocycles. The number of rotatable bonds is 6. The summed E-state index contributed by atoms with van der Waals surface area (Å²) in [7, 11) is 1.33. The first-order valence-corrected chi connectivity index (χ1v) is 5.79. The Morgan fingerprint density at radius 3 is 2.76 bits per heavy atom. The lowest BCUT2D eigenvalue weighted by Crippen LogP contribution is -2.06. The summed E-state index contributed by atoms with van der Waals surface area (Å²) in [6.07, 6.45) is 3.30. The summed E-state index contributed by atoms with van der Waals surface area (Å²) in [5.41, 5.74) is 6.43. The Kier molecular flexibility index (Phi) is 5.33. The van der Waals surface area contributed by atoms with E-state index in [9.17, 15) is 4.79 Å². The number of anilines is 1. The normalized spacial score (nSPS) is 10.0. The zero-order chi connectivity index (χ0) is 12.7. The molecule has 0 saturated carbocycles. The van der Waals surface area contributed by atoms with E-state index in [2.05, 4.69) is 11.7 Å². The number of hydrogen-bond donors (Lipinski definition) is 1. The van der Waals surface area contributed by atoms with Crippen LogP contribution in [0.3, 0.4) is 0 Å². The molecule has 1 rings (SSSR count). The minimum atomic E-state index is -0.443. The fourth-order valence-electron chi connectivity index (χ4n) is 1.45. The highest BCUT2D eigenvalue weighted by Crippen LogP contribution is 2.20. The predicted molar refractivity (Wildman–Crippen MR) is 67.2 cm³/mol. The maximum Gasteiger partial charge on any atom is 0.340 e. The fourth-order valence-corrected chi connectivity index (χ4v) is 1.45. The standard InChI is InChI=1S/C13H19NO3/c1-3-4-5-8-17-10-6-7-12(14)11(9-10)13(15)16-2/h6-7,9H,3-5,8,14H2,1-2H3. The Bertz CT molecular complexity index is 377. The van der Waals surface area contributed by atoms with E-state index in [-0.39, 0.29) is 0 Å². The summed E-state index contributed by atoms with van der Waals surface area (Å²) >= 11 is 0. The third-order valence-electron chi connectivity index (χ3n) is 2.45. The van der Waals surface area contributed by atoms with Crippen LogP contribution in [-0.4, -0.2) is 19.7 Å². The number of nitrogens with two attached hydrogens (primary N) is 1. The molecule has 0 aromatic heterocycles. The van der Waals surface area contributed by atoms with Gasteiger partial charge in [-0.25, -0.2) is 4.79 Å². The van der Waals surface area contributed by atoms with Gasteiger partial charge in [0.2, 0.25) is 0 Å². The van der Waals surface area contributed by atoms with Crippen LogP contribution in [0.1, 0.15) is 36.5 Å². The van der Waals surface area contributed by atoms with E-state index in [1.165, 1.54) is 7.11 Å². The number of benzene rings is 1. The number of nitrogen functional groups attached to an aromatic ring is 1. The van der Waals surface area contributed by atoms with Crippen molar-refractivity contribution < 1.29 is 14.3 Å². The molecule has 0 spiro atoms. The number of esters is 1. The Morgan fingerprint density at radius 2 is 2.12 bits per heavy atom. The molecule has 0 atom stereocenters. The summed E-state index contributed by atoms with van der Waals surface area (Å²) in [6.45, 7) is 2.79. The van der Waals surface area contributed by atoms with Crippen LogP contribution in [0, 0.1) is 0 Å². The molecule has 2 N–H and O–H groups in total. The molecule has 4 heteroatoms. The molecular weight excluding hydrogens is 218 g/mol. The third-order valence-corrected chi connectivity index (χ3v) is 2.45. The molecule has 17 heavy (non-hydrogen) atoms. The van der Waals surface area contributed by atoms with Crippen LogP contribution < -0.4 is 10.5 Å². The second-order valence-electron chi connectivity index (χ2n) is 3.80. The van der Waals surface area contributed by atoms with Gasteiger partial charge in [-0.2, -0.15) is 0 Å². The van der Waals surface area contributed by atoms with E-state index in [1.807, 2.05) is 0 Å². The minimum absolute atomic E-state index is 0.348. The third kappa shape index (κ3) is 3.98. The van der Waals surface area contributed by atoms with Crippen LogP contribution in [0.5, 0.6) is 5.75 Å². The van der Waals surface area contributed by atoms with Crippen LogP contribution in [0.2, 0.25) is 0 Å². The van der Waals surface area contributed by atoms with Gasteiger partial charge in [-0.3, -0.25) is 0 Å². The van der Waals surface area contributed by atoms with Crippen LogP contribution in [0.4, 0.5) is 5.69 Å². The lowest BCUT2D eigenvalue weighted by molar-refractivity contribution is 0.0601. The van der Waals surface area contributed by atoms with E-state index in [1.54, 1.807) is 18.2 Å². The van der Waals surface area contributed by atoms with E-state index in [0.717, 1.165) is 19.3 Å². The largest absolute Gasteiger partial charge is 0.494 e. The van der Waals surface area contributed by atoms with Gasteiger partial charge < -0.3 is 15.2 Å². The molecule has 1 aromatic carbocycles. The van der Waals surface area contributed by atoms with Crippen molar-refractivity contribution in [3.05, 3.63) is 23.8 Å². The Balaban J connectivity index is 2.65. The van der Waals surface area contributed by atoms with Crippen molar-refractivity contribution in [3.8, 4) is 5.75 Å². The summed E-state index contributed by atoms with van der Waals surface area (Å²) in [5, 5.41) is 0. The van der Waals surface area contributed by atoms with Crippen molar-refractivity contribution >= 4 is 11.7 Å².